The maximum absolute atomic E-state index is 10.1. The predicted octanol–water partition coefficient (Wildman–Crippen LogP) is 3.11. The molecule has 1 fully saturated rings. The van der Waals surface area contributed by atoms with Gasteiger partial charge in [-0.15, -0.1) is 0 Å². The minimum Gasteiger partial charge on any atom is -0.389 e. The summed E-state index contributed by atoms with van der Waals surface area (Å²) in [6, 6.07) is 2.37. The minimum absolute atomic E-state index is 0.515. The Morgan fingerprint density at radius 1 is 1.33 bits per heavy atom. The lowest BCUT2D eigenvalue weighted by Crippen LogP contribution is -2.45. The van der Waals surface area contributed by atoms with E-state index in [0.717, 1.165) is 31.6 Å². The van der Waals surface area contributed by atoms with Crippen molar-refractivity contribution in [3.8, 4) is 6.07 Å². The van der Waals surface area contributed by atoms with Gasteiger partial charge < -0.3 is 5.11 Å². The Morgan fingerprint density at radius 2 is 1.80 bits per heavy atom. The maximum Gasteiger partial charge on any atom is 0.0855 e. The highest BCUT2D eigenvalue weighted by molar-refractivity contribution is 5.10. The number of hydrogen-bond donors (Lipinski definition) is 1. The van der Waals surface area contributed by atoms with Crippen molar-refractivity contribution in [3.05, 3.63) is 0 Å². The molecule has 0 spiro atoms. The first-order valence-corrected chi connectivity index (χ1v) is 5.96. The van der Waals surface area contributed by atoms with Gasteiger partial charge in [0, 0.05) is 0 Å². The molecule has 0 unspecified atom stereocenters. The molecule has 0 aromatic rings. The quantitative estimate of drug-likeness (QED) is 0.759. The molecule has 0 atom stereocenters. The fourth-order valence-electron chi connectivity index (χ4n) is 2.66. The molecule has 0 heterocycles. The Balaban J connectivity index is 2.73. The first-order chi connectivity index (χ1) is 6.82. The fraction of sp³-hybridized carbons (Fsp3) is 0.923. The summed E-state index contributed by atoms with van der Waals surface area (Å²) >= 11 is 0. The van der Waals surface area contributed by atoms with Crippen LogP contribution >= 0.6 is 0 Å². The molecular weight excluding hydrogens is 186 g/mol. The summed E-state index contributed by atoms with van der Waals surface area (Å²) in [4.78, 5) is 0. The second kappa shape index (κ2) is 4.14. The Labute approximate surface area is 93.3 Å². The zero-order valence-corrected chi connectivity index (χ0v) is 10.4. The maximum atomic E-state index is 10.1. The van der Waals surface area contributed by atoms with Gasteiger partial charge in [-0.3, -0.25) is 0 Å². The molecule has 1 rings (SSSR count). The Kier molecular flexibility index (Phi) is 3.45. The van der Waals surface area contributed by atoms with Crippen LogP contribution < -0.4 is 0 Å². The van der Waals surface area contributed by atoms with Crippen LogP contribution in [0, 0.1) is 28.6 Å². The zero-order valence-electron chi connectivity index (χ0n) is 10.4. The zero-order chi connectivity index (χ0) is 11.7. The van der Waals surface area contributed by atoms with Crippen molar-refractivity contribution in [2.45, 2.75) is 59.0 Å². The molecule has 2 heteroatoms. The van der Waals surface area contributed by atoms with Crippen molar-refractivity contribution in [2.24, 2.45) is 17.3 Å². The van der Waals surface area contributed by atoms with E-state index in [-0.39, 0.29) is 0 Å². The highest BCUT2D eigenvalue weighted by Gasteiger charge is 2.46. The number of nitrogens with zero attached hydrogens (tertiary/aromatic N) is 1. The third kappa shape index (κ3) is 2.34. The standard InChI is InChI=1S/C13H23NO/c1-10(2)11-5-7-13(9-14,8-6-11)12(3,4)15/h10-11,15H,5-8H2,1-4H3. The lowest BCUT2D eigenvalue weighted by Gasteiger charge is -2.43. The van der Waals surface area contributed by atoms with Crippen LogP contribution in [0.15, 0.2) is 0 Å². The highest BCUT2D eigenvalue weighted by Crippen LogP contribution is 2.47. The summed E-state index contributed by atoms with van der Waals surface area (Å²) in [5, 5.41) is 19.4. The lowest BCUT2D eigenvalue weighted by molar-refractivity contribution is -0.0516. The van der Waals surface area contributed by atoms with Crippen molar-refractivity contribution >= 4 is 0 Å². The van der Waals surface area contributed by atoms with Gasteiger partial charge >= 0.3 is 0 Å². The summed E-state index contributed by atoms with van der Waals surface area (Å²) < 4.78 is 0. The van der Waals surface area contributed by atoms with Gasteiger partial charge in [-0.1, -0.05) is 13.8 Å². The summed E-state index contributed by atoms with van der Waals surface area (Å²) in [5.74, 6) is 1.43. The second-order valence-corrected chi connectivity index (χ2v) is 5.83. The average molecular weight is 209 g/mol. The van der Waals surface area contributed by atoms with Gasteiger partial charge in [-0.25, -0.2) is 0 Å². The van der Waals surface area contributed by atoms with Crippen LogP contribution in [0.5, 0.6) is 0 Å². The predicted molar refractivity (Wildman–Crippen MR) is 61.1 cm³/mol. The molecule has 0 bridgehead atoms. The number of rotatable bonds is 2. The molecule has 86 valence electrons. The Bertz CT molecular complexity index is 249. The van der Waals surface area contributed by atoms with Crippen LogP contribution in [-0.2, 0) is 0 Å². The molecule has 1 aliphatic carbocycles. The van der Waals surface area contributed by atoms with Gasteiger partial charge in [0.2, 0.25) is 0 Å². The van der Waals surface area contributed by atoms with Gasteiger partial charge in [0.1, 0.15) is 0 Å². The van der Waals surface area contributed by atoms with E-state index in [0.29, 0.717) is 5.92 Å². The summed E-state index contributed by atoms with van der Waals surface area (Å²) in [6.45, 7) is 8.03. The molecular formula is C13H23NO. The highest BCUT2D eigenvalue weighted by atomic mass is 16.3. The van der Waals surface area contributed by atoms with E-state index < -0.39 is 11.0 Å². The van der Waals surface area contributed by atoms with Gasteiger partial charge in [0.15, 0.2) is 0 Å². The van der Waals surface area contributed by atoms with Crippen molar-refractivity contribution in [3.63, 3.8) is 0 Å². The van der Waals surface area contributed by atoms with Gasteiger partial charge in [-0.05, 0) is 51.4 Å². The fourth-order valence-corrected chi connectivity index (χ4v) is 2.66. The largest absolute Gasteiger partial charge is 0.389 e. The molecule has 0 aromatic carbocycles. The Hall–Kier alpha value is -0.550. The molecule has 0 saturated heterocycles. The molecule has 1 saturated carbocycles. The summed E-state index contributed by atoms with van der Waals surface area (Å²) in [6.07, 6.45) is 3.84. The number of aliphatic hydroxyl groups is 1. The first kappa shape index (κ1) is 12.5. The van der Waals surface area contributed by atoms with E-state index in [9.17, 15) is 10.4 Å². The van der Waals surface area contributed by atoms with Crippen molar-refractivity contribution in [1.82, 2.24) is 0 Å². The van der Waals surface area contributed by atoms with Crippen LogP contribution in [0.1, 0.15) is 53.4 Å². The van der Waals surface area contributed by atoms with Crippen molar-refractivity contribution < 1.29 is 5.11 Å². The van der Waals surface area contributed by atoms with E-state index in [1.165, 1.54) is 0 Å². The third-order valence-corrected chi connectivity index (χ3v) is 4.21. The van der Waals surface area contributed by atoms with E-state index in [2.05, 4.69) is 19.9 Å². The van der Waals surface area contributed by atoms with Crippen LogP contribution in [0.25, 0.3) is 0 Å². The van der Waals surface area contributed by atoms with Crippen LogP contribution in [0.3, 0.4) is 0 Å². The first-order valence-electron chi connectivity index (χ1n) is 5.96. The number of hydrogen-bond acceptors (Lipinski definition) is 2. The molecule has 0 aromatic heterocycles. The van der Waals surface area contributed by atoms with E-state index in [4.69, 9.17) is 0 Å². The topological polar surface area (TPSA) is 44.0 Å². The summed E-state index contributed by atoms with van der Waals surface area (Å²) in [7, 11) is 0. The third-order valence-electron chi connectivity index (χ3n) is 4.21. The van der Waals surface area contributed by atoms with Gasteiger partial charge in [0.05, 0.1) is 17.1 Å². The average Bonchev–Trinajstić information content (AvgIpc) is 2.16. The molecule has 0 aliphatic heterocycles. The smallest absolute Gasteiger partial charge is 0.0855 e. The normalized spacial score (nSPS) is 32.7. The minimum atomic E-state index is -0.871. The molecule has 15 heavy (non-hydrogen) atoms. The molecule has 1 N–H and O–H groups in total. The molecule has 0 amide bonds. The number of nitriles is 1. The van der Waals surface area contributed by atoms with Crippen molar-refractivity contribution in [1.29, 1.82) is 5.26 Å². The Morgan fingerprint density at radius 3 is 2.07 bits per heavy atom. The monoisotopic (exact) mass is 209 g/mol. The molecule has 1 aliphatic rings. The molecule has 0 radical (unpaired) electrons. The van der Waals surface area contributed by atoms with Gasteiger partial charge in [-0.2, -0.15) is 5.26 Å². The van der Waals surface area contributed by atoms with Gasteiger partial charge in [0.25, 0.3) is 0 Å². The van der Waals surface area contributed by atoms with Crippen LogP contribution in [0.4, 0.5) is 0 Å². The van der Waals surface area contributed by atoms with Crippen LogP contribution in [0.2, 0.25) is 0 Å². The van der Waals surface area contributed by atoms with Crippen LogP contribution in [-0.4, -0.2) is 10.7 Å². The summed E-state index contributed by atoms with van der Waals surface area (Å²) in [5.41, 5.74) is -1.39. The van der Waals surface area contributed by atoms with Crippen molar-refractivity contribution in [2.75, 3.05) is 0 Å². The molecule has 2 nitrogen and oxygen atoms in total. The lowest BCUT2D eigenvalue weighted by atomic mass is 9.62. The van der Waals surface area contributed by atoms with E-state index >= 15 is 0 Å². The SMILES string of the molecule is CC(C)C1CCC(C#N)(C(C)(C)O)CC1. The second-order valence-electron chi connectivity index (χ2n) is 5.83. The van der Waals surface area contributed by atoms with E-state index in [1.807, 2.05) is 0 Å². The van der Waals surface area contributed by atoms with E-state index in [1.54, 1.807) is 13.8 Å².